The molecule has 0 bridgehead atoms. The summed E-state index contributed by atoms with van der Waals surface area (Å²) in [6.45, 7) is 6.98. The van der Waals surface area contributed by atoms with Crippen molar-refractivity contribution < 1.29 is 0 Å². The van der Waals surface area contributed by atoms with Crippen LogP contribution < -0.4 is 10.2 Å². The van der Waals surface area contributed by atoms with Gasteiger partial charge in [-0.3, -0.25) is 0 Å². The van der Waals surface area contributed by atoms with Gasteiger partial charge in [-0.05, 0) is 24.6 Å². The van der Waals surface area contributed by atoms with Gasteiger partial charge in [-0.25, -0.2) is 0 Å². The summed E-state index contributed by atoms with van der Waals surface area (Å²) in [7, 11) is 4.15. The van der Waals surface area contributed by atoms with E-state index in [9.17, 15) is 0 Å². The van der Waals surface area contributed by atoms with Crippen LogP contribution in [0.1, 0.15) is 18.5 Å². The van der Waals surface area contributed by atoms with Crippen LogP contribution >= 0.6 is 11.8 Å². The number of nitrogens with zero attached hydrogens (tertiary/aromatic N) is 2. The second-order valence-corrected chi connectivity index (χ2v) is 6.84. The van der Waals surface area contributed by atoms with Crippen molar-refractivity contribution in [2.75, 3.05) is 56.7 Å². The van der Waals surface area contributed by atoms with Gasteiger partial charge in [0.05, 0.1) is 0 Å². The summed E-state index contributed by atoms with van der Waals surface area (Å²) in [6.07, 6.45) is 0. The summed E-state index contributed by atoms with van der Waals surface area (Å²) in [4.78, 5) is 4.70. The van der Waals surface area contributed by atoms with E-state index in [-0.39, 0.29) is 0 Å². The van der Waals surface area contributed by atoms with Gasteiger partial charge in [-0.2, -0.15) is 11.8 Å². The summed E-state index contributed by atoms with van der Waals surface area (Å²) >= 11 is 2.07. The fourth-order valence-electron chi connectivity index (χ4n) is 2.44. The molecule has 0 aromatic heterocycles. The standard InChI is InChI=1S/C16H27N3S/c1-14(15-4-6-16(7-5-15)18(2)3)17-8-9-19-10-12-20-13-11-19/h4-7,14,17H,8-13H2,1-3H3. The average molecular weight is 293 g/mol. The minimum atomic E-state index is 0.422. The van der Waals surface area contributed by atoms with E-state index >= 15 is 0 Å². The van der Waals surface area contributed by atoms with Crippen LogP contribution in [0, 0.1) is 0 Å². The number of hydrogen-bond acceptors (Lipinski definition) is 4. The first kappa shape index (κ1) is 15.7. The third-order valence-corrected chi connectivity index (χ3v) is 4.83. The number of thioether (sulfide) groups is 1. The van der Waals surface area contributed by atoms with E-state index in [0.29, 0.717) is 6.04 Å². The molecule has 1 aromatic carbocycles. The van der Waals surface area contributed by atoms with Crippen molar-refractivity contribution in [3.63, 3.8) is 0 Å². The molecule has 2 rings (SSSR count). The predicted molar refractivity (Wildman–Crippen MR) is 91.0 cm³/mol. The minimum Gasteiger partial charge on any atom is -0.378 e. The highest BCUT2D eigenvalue weighted by Gasteiger charge is 2.10. The lowest BCUT2D eigenvalue weighted by molar-refractivity contribution is 0.297. The molecule has 1 aromatic rings. The summed E-state index contributed by atoms with van der Waals surface area (Å²) in [5.74, 6) is 2.59. The molecule has 3 nitrogen and oxygen atoms in total. The number of benzene rings is 1. The quantitative estimate of drug-likeness (QED) is 0.868. The zero-order valence-electron chi connectivity index (χ0n) is 12.9. The predicted octanol–water partition coefficient (Wildman–Crippen LogP) is 2.45. The Morgan fingerprint density at radius 3 is 2.45 bits per heavy atom. The van der Waals surface area contributed by atoms with Crippen LogP contribution in [-0.2, 0) is 0 Å². The van der Waals surface area contributed by atoms with Crippen molar-refractivity contribution in [3.05, 3.63) is 29.8 Å². The van der Waals surface area contributed by atoms with Gasteiger partial charge in [-0.15, -0.1) is 0 Å². The maximum Gasteiger partial charge on any atom is 0.0361 e. The van der Waals surface area contributed by atoms with Crippen LogP contribution in [0.4, 0.5) is 5.69 Å². The molecule has 1 heterocycles. The van der Waals surface area contributed by atoms with Crippen LogP contribution in [0.5, 0.6) is 0 Å². The molecule has 0 aliphatic carbocycles. The summed E-state index contributed by atoms with van der Waals surface area (Å²) in [5.41, 5.74) is 2.62. The lowest BCUT2D eigenvalue weighted by Crippen LogP contribution is -2.38. The number of nitrogens with one attached hydrogen (secondary N) is 1. The highest BCUT2D eigenvalue weighted by molar-refractivity contribution is 7.99. The van der Waals surface area contributed by atoms with E-state index in [1.807, 2.05) is 0 Å². The lowest BCUT2D eigenvalue weighted by Gasteiger charge is -2.27. The first-order chi connectivity index (χ1) is 9.66. The molecule has 1 atom stereocenters. The number of hydrogen-bond donors (Lipinski definition) is 1. The second-order valence-electron chi connectivity index (χ2n) is 5.62. The normalized spacial score (nSPS) is 17.9. The summed E-state index contributed by atoms with van der Waals surface area (Å²) < 4.78 is 0. The average Bonchev–Trinajstić information content (AvgIpc) is 2.48. The van der Waals surface area contributed by atoms with Crippen LogP contribution in [-0.4, -0.2) is 56.7 Å². The smallest absolute Gasteiger partial charge is 0.0361 e. The topological polar surface area (TPSA) is 18.5 Å². The highest BCUT2D eigenvalue weighted by atomic mass is 32.2. The van der Waals surface area contributed by atoms with E-state index in [1.54, 1.807) is 0 Å². The molecule has 0 amide bonds. The van der Waals surface area contributed by atoms with E-state index in [4.69, 9.17) is 0 Å². The molecule has 1 saturated heterocycles. The Bertz CT molecular complexity index is 385. The second kappa shape index (κ2) is 7.91. The van der Waals surface area contributed by atoms with E-state index in [1.165, 1.54) is 42.4 Å². The number of rotatable bonds is 6. The number of anilines is 1. The minimum absolute atomic E-state index is 0.422. The Morgan fingerprint density at radius 1 is 1.20 bits per heavy atom. The maximum absolute atomic E-state index is 3.63. The molecule has 1 N–H and O–H groups in total. The third kappa shape index (κ3) is 4.69. The lowest BCUT2D eigenvalue weighted by atomic mass is 10.1. The molecule has 0 saturated carbocycles. The van der Waals surface area contributed by atoms with Crippen molar-refractivity contribution >= 4 is 17.4 Å². The molecular formula is C16H27N3S. The molecule has 1 aliphatic heterocycles. The van der Waals surface area contributed by atoms with Crippen molar-refractivity contribution in [2.45, 2.75) is 13.0 Å². The van der Waals surface area contributed by atoms with Crippen molar-refractivity contribution in [1.29, 1.82) is 0 Å². The largest absolute Gasteiger partial charge is 0.378 e. The Kier molecular flexibility index (Phi) is 6.20. The first-order valence-corrected chi connectivity index (χ1v) is 8.63. The van der Waals surface area contributed by atoms with Gasteiger partial charge < -0.3 is 15.1 Å². The fraction of sp³-hybridized carbons (Fsp3) is 0.625. The maximum atomic E-state index is 3.63. The van der Waals surface area contributed by atoms with E-state index < -0.39 is 0 Å². The fourth-order valence-corrected chi connectivity index (χ4v) is 3.42. The van der Waals surface area contributed by atoms with Crippen molar-refractivity contribution in [1.82, 2.24) is 10.2 Å². The molecule has 20 heavy (non-hydrogen) atoms. The summed E-state index contributed by atoms with van der Waals surface area (Å²) in [5, 5.41) is 3.63. The SMILES string of the molecule is CC(NCCN1CCSCC1)c1ccc(N(C)C)cc1. The Labute approximate surface area is 127 Å². The van der Waals surface area contributed by atoms with Crippen LogP contribution in [0.3, 0.4) is 0 Å². The van der Waals surface area contributed by atoms with Crippen LogP contribution in [0.15, 0.2) is 24.3 Å². The zero-order chi connectivity index (χ0) is 14.4. The molecule has 112 valence electrons. The van der Waals surface area contributed by atoms with Crippen molar-refractivity contribution in [3.8, 4) is 0 Å². The molecule has 0 spiro atoms. The molecule has 1 aliphatic rings. The molecule has 4 heteroatoms. The monoisotopic (exact) mass is 293 g/mol. The van der Waals surface area contributed by atoms with Gasteiger partial charge in [0.2, 0.25) is 0 Å². The van der Waals surface area contributed by atoms with Gasteiger partial charge in [-0.1, -0.05) is 12.1 Å². The van der Waals surface area contributed by atoms with Gasteiger partial charge in [0, 0.05) is 63.5 Å². The zero-order valence-corrected chi connectivity index (χ0v) is 13.7. The molecule has 1 unspecified atom stereocenters. The first-order valence-electron chi connectivity index (χ1n) is 7.47. The molecule has 0 radical (unpaired) electrons. The summed E-state index contributed by atoms with van der Waals surface area (Å²) in [6, 6.07) is 9.25. The van der Waals surface area contributed by atoms with E-state index in [2.05, 4.69) is 72.2 Å². The van der Waals surface area contributed by atoms with Crippen molar-refractivity contribution in [2.24, 2.45) is 0 Å². The molecule has 1 fully saturated rings. The van der Waals surface area contributed by atoms with Crippen LogP contribution in [0.25, 0.3) is 0 Å². The van der Waals surface area contributed by atoms with E-state index in [0.717, 1.165) is 6.54 Å². The Morgan fingerprint density at radius 2 is 1.85 bits per heavy atom. The molecular weight excluding hydrogens is 266 g/mol. The third-order valence-electron chi connectivity index (χ3n) is 3.89. The van der Waals surface area contributed by atoms with Gasteiger partial charge in [0.25, 0.3) is 0 Å². The highest BCUT2D eigenvalue weighted by Crippen LogP contribution is 2.17. The van der Waals surface area contributed by atoms with Gasteiger partial charge in [0.15, 0.2) is 0 Å². The van der Waals surface area contributed by atoms with Gasteiger partial charge >= 0.3 is 0 Å². The Balaban J connectivity index is 1.74. The van der Waals surface area contributed by atoms with Gasteiger partial charge in [0.1, 0.15) is 0 Å². The Hall–Kier alpha value is -0.710. The van der Waals surface area contributed by atoms with Crippen LogP contribution in [0.2, 0.25) is 0 Å².